The number of hydrogen-bond acceptors (Lipinski definition) is 5. The molecule has 3 rings (SSSR count). The summed E-state index contributed by atoms with van der Waals surface area (Å²) in [7, 11) is 0. The lowest BCUT2D eigenvalue weighted by molar-refractivity contribution is 0.0276. The van der Waals surface area contributed by atoms with E-state index in [4.69, 9.17) is 4.74 Å². The maximum Gasteiger partial charge on any atom is 0.410 e. The Kier molecular flexibility index (Phi) is 6.24. The molecule has 1 aromatic heterocycles. The summed E-state index contributed by atoms with van der Waals surface area (Å²) >= 11 is 0. The summed E-state index contributed by atoms with van der Waals surface area (Å²) in [4.78, 5) is 56.2. The van der Waals surface area contributed by atoms with Crippen LogP contribution in [-0.2, 0) is 11.3 Å². The van der Waals surface area contributed by atoms with Crippen LogP contribution >= 0.6 is 0 Å². The van der Waals surface area contributed by atoms with Crippen molar-refractivity contribution in [3.63, 3.8) is 0 Å². The third-order valence-corrected chi connectivity index (χ3v) is 5.40. The second-order valence-corrected chi connectivity index (χ2v) is 8.70. The van der Waals surface area contributed by atoms with Crippen molar-refractivity contribution in [3.8, 4) is 0 Å². The molecule has 2 aromatic rings. The Morgan fingerprint density at radius 2 is 1.94 bits per heavy atom. The second-order valence-electron chi connectivity index (χ2n) is 8.70. The van der Waals surface area contributed by atoms with Gasteiger partial charge in [-0.1, -0.05) is 0 Å². The van der Waals surface area contributed by atoms with Crippen LogP contribution in [0.15, 0.2) is 27.8 Å². The average molecular weight is 431 g/mol. The first-order valence-electron chi connectivity index (χ1n) is 10.6. The smallest absolute Gasteiger partial charge is 0.410 e. The van der Waals surface area contributed by atoms with Crippen LogP contribution in [0.2, 0.25) is 0 Å². The van der Waals surface area contributed by atoms with Crippen LogP contribution in [0.5, 0.6) is 0 Å². The number of likely N-dealkylation sites (tertiary alicyclic amines) is 1. The Morgan fingerprint density at radius 3 is 2.55 bits per heavy atom. The van der Waals surface area contributed by atoms with Gasteiger partial charge in [-0.05, 0) is 59.2 Å². The van der Waals surface area contributed by atoms with Crippen molar-refractivity contribution in [2.75, 3.05) is 19.6 Å². The molecule has 0 bridgehead atoms. The molecule has 9 heteroatoms. The molecule has 2 amide bonds. The first kappa shape index (κ1) is 22.6. The second kappa shape index (κ2) is 8.56. The molecule has 9 nitrogen and oxygen atoms in total. The number of carbonyl (C=O) groups is 2. The molecule has 1 unspecified atom stereocenters. The SMILES string of the molecule is CCN(C(=O)c1ccc2c(=O)n(CC)c(=O)[nH]c2c1)C1CCN(C(=O)OC(C)(C)C)C1. The van der Waals surface area contributed by atoms with Crippen LogP contribution in [0.1, 0.15) is 51.4 Å². The Hall–Kier alpha value is -3.10. The maximum atomic E-state index is 13.2. The van der Waals surface area contributed by atoms with Gasteiger partial charge in [-0.2, -0.15) is 0 Å². The highest BCUT2D eigenvalue weighted by Gasteiger charge is 2.34. The van der Waals surface area contributed by atoms with Crippen LogP contribution < -0.4 is 11.2 Å². The minimum atomic E-state index is -0.576. The van der Waals surface area contributed by atoms with Gasteiger partial charge in [-0.3, -0.25) is 14.2 Å². The number of likely N-dealkylation sites (N-methyl/N-ethyl adjacent to an activating group) is 1. The Labute approximate surface area is 180 Å². The fraction of sp³-hybridized carbons (Fsp3) is 0.545. The minimum Gasteiger partial charge on any atom is -0.444 e. The third kappa shape index (κ3) is 4.65. The summed E-state index contributed by atoms with van der Waals surface area (Å²) in [5.41, 5.74) is -0.733. The van der Waals surface area contributed by atoms with Gasteiger partial charge in [0.25, 0.3) is 11.5 Å². The van der Waals surface area contributed by atoms with Crippen molar-refractivity contribution in [3.05, 3.63) is 44.6 Å². The molecule has 0 radical (unpaired) electrons. The Morgan fingerprint density at radius 1 is 1.23 bits per heavy atom. The van der Waals surface area contributed by atoms with E-state index in [0.717, 1.165) is 4.57 Å². The molecular weight excluding hydrogens is 400 g/mol. The quantitative estimate of drug-likeness (QED) is 0.801. The predicted molar refractivity (Wildman–Crippen MR) is 117 cm³/mol. The summed E-state index contributed by atoms with van der Waals surface area (Å²) in [5, 5.41) is 0.359. The van der Waals surface area contributed by atoms with Crippen molar-refractivity contribution in [1.82, 2.24) is 19.4 Å². The average Bonchev–Trinajstić information content (AvgIpc) is 3.17. The van der Waals surface area contributed by atoms with Crippen molar-refractivity contribution in [1.29, 1.82) is 0 Å². The number of rotatable bonds is 4. The number of amides is 2. The first-order chi connectivity index (χ1) is 14.6. The highest BCUT2D eigenvalue weighted by molar-refractivity contribution is 5.97. The molecule has 1 atom stereocenters. The minimum absolute atomic E-state index is 0.132. The molecule has 1 aliphatic rings. The van der Waals surface area contributed by atoms with Gasteiger partial charge >= 0.3 is 11.8 Å². The zero-order chi connectivity index (χ0) is 22.9. The monoisotopic (exact) mass is 430 g/mol. The van der Waals surface area contributed by atoms with Gasteiger partial charge < -0.3 is 19.5 Å². The molecule has 1 fully saturated rings. The van der Waals surface area contributed by atoms with Crippen LogP contribution in [0.3, 0.4) is 0 Å². The van der Waals surface area contributed by atoms with Crippen molar-refractivity contribution >= 4 is 22.9 Å². The number of aromatic nitrogens is 2. The Bertz CT molecular complexity index is 1110. The summed E-state index contributed by atoms with van der Waals surface area (Å²) in [6, 6.07) is 4.59. The standard InChI is InChI=1S/C22H30N4O5/c1-6-25(15-10-11-24(13-15)21(30)31-22(3,4)5)18(27)14-8-9-16-17(12-14)23-20(29)26(7-2)19(16)28/h8-9,12,15H,6-7,10-11,13H2,1-5H3,(H,23,29). The molecule has 168 valence electrons. The topological polar surface area (TPSA) is 105 Å². The van der Waals surface area contributed by atoms with Crippen LogP contribution in [0.25, 0.3) is 10.9 Å². The number of H-pyrrole nitrogens is 1. The van der Waals surface area contributed by atoms with Crippen molar-refractivity contribution in [2.24, 2.45) is 0 Å². The summed E-state index contributed by atoms with van der Waals surface area (Å²) in [5.74, 6) is -0.207. The van der Waals surface area contributed by atoms with E-state index in [1.54, 1.807) is 34.9 Å². The van der Waals surface area contributed by atoms with Crippen LogP contribution in [0, 0.1) is 0 Å². The van der Waals surface area contributed by atoms with E-state index in [-0.39, 0.29) is 30.1 Å². The maximum absolute atomic E-state index is 13.2. The number of nitrogens with one attached hydrogen (secondary N) is 1. The molecule has 31 heavy (non-hydrogen) atoms. The fourth-order valence-corrected chi connectivity index (χ4v) is 3.90. The fourth-order valence-electron chi connectivity index (χ4n) is 3.90. The van der Waals surface area contributed by atoms with Gasteiger partial charge in [-0.25, -0.2) is 9.59 Å². The largest absolute Gasteiger partial charge is 0.444 e. The predicted octanol–water partition coefficient (Wildman–Crippen LogP) is 2.18. The highest BCUT2D eigenvalue weighted by Crippen LogP contribution is 2.21. The summed E-state index contributed by atoms with van der Waals surface area (Å²) < 4.78 is 6.55. The number of aromatic amines is 1. The molecule has 1 N–H and O–H groups in total. The van der Waals surface area contributed by atoms with E-state index in [9.17, 15) is 19.2 Å². The lowest BCUT2D eigenvalue weighted by Crippen LogP contribution is -2.43. The number of fused-ring (bicyclic) bond motifs is 1. The van der Waals surface area contributed by atoms with E-state index >= 15 is 0 Å². The molecule has 0 aliphatic carbocycles. The van der Waals surface area contributed by atoms with Gasteiger partial charge in [0.1, 0.15) is 5.60 Å². The number of ether oxygens (including phenoxy) is 1. The van der Waals surface area contributed by atoms with Crippen LogP contribution in [0.4, 0.5) is 4.79 Å². The number of carbonyl (C=O) groups excluding carboxylic acids is 2. The molecule has 0 saturated carbocycles. The van der Waals surface area contributed by atoms with Crippen LogP contribution in [-0.4, -0.2) is 62.6 Å². The molecule has 1 saturated heterocycles. The third-order valence-electron chi connectivity index (χ3n) is 5.40. The van der Waals surface area contributed by atoms with Gasteiger partial charge in [-0.15, -0.1) is 0 Å². The van der Waals surface area contributed by atoms with E-state index < -0.39 is 11.3 Å². The van der Waals surface area contributed by atoms with E-state index in [0.29, 0.717) is 42.5 Å². The molecule has 1 aromatic carbocycles. The number of hydrogen-bond donors (Lipinski definition) is 1. The van der Waals surface area contributed by atoms with Gasteiger partial charge in [0.2, 0.25) is 0 Å². The van der Waals surface area contributed by atoms with Gasteiger partial charge in [0.05, 0.1) is 16.9 Å². The molecule has 2 heterocycles. The van der Waals surface area contributed by atoms with E-state index in [2.05, 4.69) is 4.98 Å². The summed E-state index contributed by atoms with van der Waals surface area (Å²) in [6.07, 6.45) is 0.277. The molecule has 0 spiro atoms. The first-order valence-corrected chi connectivity index (χ1v) is 10.6. The number of nitrogens with zero attached hydrogens (tertiary/aromatic N) is 3. The normalized spacial score (nSPS) is 16.5. The highest BCUT2D eigenvalue weighted by atomic mass is 16.6. The van der Waals surface area contributed by atoms with Gasteiger partial charge in [0, 0.05) is 31.7 Å². The zero-order valence-electron chi connectivity index (χ0n) is 18.7. The molecule has 1 aliphatic heterocycles. The van der Waals surface area contributed by atoms with Gasteiger partial charge in [0.15, 0.2) is 0 Å². The van der Waals surface area contributed by atoms with Crippen molar-refractivity contribution in [2.45, 2.75) is 59.2 Å². The van der Waals surface area contributed by atoms with E-state index in [1.807, 2.05) is 27.7 Å². The lowest BCUT2D eigenvalue weighted by atomic mass is 10.1. The summed E-state index contributed by atoms with van der Waals surface area (Å²) in [6.45, 7) is 10.7. The Balaban J connectivity index is 1.82. The number of benzene rings is 1. The molecular formula is C22H30N4O5. The zero-order valence-corrected chi connectivity index (χ0v) is 18.7. The van der Waals surface area contributed by atoms with E-state index in [1.165, 1.54) is 0 Å². The lowest BCUT2D eigenvalue weighted by Gasteiger charge is -2.29. The van der Waals surface area contributed by atoms with Crippen molar-refractivity contribution < 1.29 is 14.3 Å².